The second-order valence-corrected chi connectivity index (χ2v) is 7.62. The van der Waals surface area contributed by atoms with Crippen molar-refractivity contribution in [2.75, 3.05) is 6.61 Å². The van der Waals surface area contributed by atoms with Crippen molar-refractivity contribution in [1.82, 2.24) is 9.99 Å². The number of unbranched alkanes of at least 4 members (excludes halogenated alkanes) is 3. The summed E-state index contributed by atoms with van der Waals surface area (Å²) < 4.78 is 6.87. The Morgan fingerprint density at radius 1 is 1.12 bits per heavy atom. The molecule has 0 aliphatic rings. The molecule has 0 saturated heterocycles. The minimum atomic E-state index is -0.800. The lowest BCUT2D eigenvalue weighted by molar-refractivity contribution is 0.0950. The van der Waals surface area contributed by atoms with Crippen LogP contribution in [-0.2, 0) is 6.54 Å². The molecule has 1 amide bonds. The first-order valence-electron chi connectivity index (χ1n) is 11.1. The van der Waals surface area contributed by atoms with Crippen LogP contribution in [0.2, 0.25) is 0 Å². The third kappa shape index (κ3) is 5.52. The van der Waals surface area contributed by atoms with Gasteiger partial charge in [0.15, 0.2) is 11.5 Å². The molecule has 8 nitrogen and oxygen atoms in total. The van der Waals surface area contributed by atoms with E-state index in [9.17, 15) is 19.8 Å². The van der Waals surface area contributed by atoms with E-state index in [1.54, 1.807) is 43.3 Å². The number of aryl methyl sites for hydroxylation is 1. The number of phenolic OH excluding ortho intramolecular Hbond substituents is 1. The van der Waals surface area contributed by atoms with Crippen LogP contribution < -0.4 is 15.7 Å². The lowest BCUT2D eigenvalue weighted by Crippen LogP contribution is -2.31. The van der Waals surface area contributed by atoms with Crippen molar-refractivity contribution in [2.45, 2.75) is 46.1 Å². The third-order valence-corrected chi connectivity index (χ3v) is 5.27. The Balaban J connectivity index is 1.88. The number of phenols is 1. The summed E-state index contributed by atoms with van der Waals surface area (Å²) in [4.78, 5) is 26.0. The first-order chi connectivity index (χ1) is 16.0. The standard InChI is InChI=1S/C25H29N3O5/c1-3-5-6-9-14-28-19-11-8-7-10-18(19)23(30)22(25(28)32)24(31)27-26-16-17-12-13-20(29)21(15-17)33-4-2/h7-8,10-13,15-16,29-30H,3-6,9,14H2,1-2H3,(H,27,31)/b26-16-. The quantitative estimate of drug-likeness (QED) is 0.243. The van der Waals surface area contributed by atoms with Gasteiger partial charge in [0.05, 0.1) is 18.3 Å². The number of nitrogens with zero attached hydrogens (tertiary/aromatic N) is 2. The monoisotopic (exact) mass is 451 g/mol. The predicted molar refractivity (Wildman–Crippen MR) is 128 cm³/mol. The highest BCUT2D eigenvalue weighted by atomic mass is 16.5. The molecule has 3 aromatic rings. The normalized spacial score (nSPS) is 11.2. The van der Waals surface area contributed by atoms with Gasteiger partial charge in [-0.3, -0.25) is 9.59 Å². The molecule has 2 aromatic carbocycles. The van der Waals surface area contributed by atoms with Crippen molar-refractivity contribution in [3.05, 3.63) is 63.9 Å². The number of rotatable bonds is 10. The van der Waals surface area contributed by atoms with Gasteiger partial charge >= 0.3 is 0 Å². The summed E-state index contributed by atoms with van der Waals surface area (Å²) in [6.07, 6.45) is 5.27. The molecule has 0 fully saturated rings. The van der Waals surface area contributed by atoms with Crippen molar-refractivity contribution >= 4 is 23.0 Å². The number of aromatic nitrogens is 1. The first-order valence-corrected chi connectivity index (χ1v) is 11.1. The number of carbonyl (C=O) groups excluding carboxylic acids is 1. The molecule has 0 saturated carbocycles. The number of hydrogen-bond acceptors (Lipinski definition) is 6. The molecule has 174 valence electrons. The van der Waals surface area contributed by atoms with E-state index in [-0.39, 0.29) is 17.1 Å². The number of nitrogens with one attached hydrogen (secondary N) is 1. The van der Waals surface area contributed by atoms with Gasteiger partial charge < -0.3 is 19.5 Å². The Morgan fingerprint density at radius 3 is 2.67 bits per heavy atom. The molecule has 0 atom stereocenters. The fourth-order valence-electron chi connectivity index (χ4n) is 3.62. The summed E-state index contributed by atoms with van der Waals surface area (Å²) in [5.41, 5.74) is 2.58. The van der Waals surface area contributed by atoms with E-state index >= 15 is 0 Å². The maximum atomic E-state index is 13.1. The van der Waals surface area contributed by atoms with Gasteiger partial charge in [0.25, 0.3) is 11.5 Å². The third-order valence-electron chi connectivity index (χ3n) is 5.27. The molecule has 1 heterocycles. The van der Waals surface area contributed by atoms with E-state index in [1.165, 1.54) is 16.8 Å². The topological polar surface area (TPSA) is 113 Å². The van der Waals surface area contributed by atoms with Crippen molar-refractivity contribution in [3.63, 3.8) is 0 Å². The van der Waals surface area contributed by atoms with Crippen molar-refractivity contribution in [2.24, 2.45) is 5.10 Å². The molecule has 0 spiro atoms. The van der Waals surface area contributed by atoms with Gasteiger partial charge in [-0.15, -0.1) is 0 Å². The maximum Gasteiger partial charge on any atom is 0.280 e. The predicted octanol–water partition coefficient (Wildman–Crippen LogP) is 4.16. The lowest BCUT2D eigenvalue weighted by Gasteiger charge is -2.14. The Morgan fingerprint density at radius 2 is 1.91 bits per heavy atom. The average Bonchev–Trinajstić information content (AvgIpc) is 2.81. The van der Waals surface area contributed by atoms with E-state index in [0.717, 1.165) is 25.7 Å². The number of benzene rings is 2. The van der Waals surface area contributed by atoms with Gasteiger partial charge in [0, 0.05) is 11.9 Å². The Labute approximate surface area is 192 Å². The number of amides is 1. The number of hydrazone groups is 1. The molecule has 3 rings (SSSR count). The SMILES string of the molecule is CCCCCCn1c(=O)c(C(=O)N/N=C\c2ccc(O)c(OCC)c2)c(O)c2ccccc21. The highest BCUT2D eigenvalue weighted by Crippen LogP contribution is 2.27. The fraction of sp³-hybridized carbons (Fsp3) is 0.320. The Hall–Kier alpha value is -3.81. The summed E-state index contributed by atoms with van der Waals surface area (Å²) in [6, 6.07) is 11.6. The molecule has 0 radical (unpaired) electrons. The Kier molecular flexibility index (Phi) is 8.07. The number of aromatic hydroxyl groups is 2. The molecule has 0 unspecified atom stereocenters. The smallest absolute Gasteiger partial charge is 0.280 e. The van der Waals surface area contributed by atoms with E-state index in [0.29, 0.717) is 35.4 Å². The van der Waals surface area contributed by atoms with Gasteiger partial charge in [-0.25, -0.2) is 5.43 Å². The van der Waals surface area contributed by atoms with Crippen LogP contribution >= 0.6 is 0 Å². The van der Waals surface area contributed by atoms with Crippen LogP contribution in [0.25, 0.3) is 10.9 Å². The summed E-state index contributed by atoms with van der Waals surface area (Å²) >= 11 is 0. The summed E-state index contributed by atoms with van der Waals surface area (Å²) in [5.74, 6) is -0.869. The fourth-order valence-corrected chi connectivity index (χ4v) is 3.62. The van der Waals surface area contributed by atoms with Crippen molar-refractivity contribution < 1.29 is 19.7 Å². The number of pyridine rings is 1. The summed E-state index contributed by atoms with van der Waals surface area (Å²) in [7, 11) is 0. The average molecular weight is 452 g/mol. The maximum absolute atomic E-state index is 13.1. The molecule has 8 heteroatoms. The first kappa shape index (κ1) is 23.8. The van der Waals surface area contributed by atoms with Crippen molar-refractivity contribution in [1.29, 1.82) is 0 Å². The number of ether oxygens (including phenoxy) is 1. The summed E-state index contributed by atoms with van der Waals surface area (Å²) in [6.45, 7) is 4.75. The molecule has 0 aliphatic heterocycles. The number of hydrogen-bond donors (Lipinski definition) is 3. The summed E-state index contributed by atoms with van der Waals surface area (Å²) in [5, 5.41) is 24.8. The van der Waals surface area contributed by atoms with Crippen LogP contribution in [0.1, 0.15) is 55.5 Å². The zero-order valence-electron chi connectivity index (χ0n) is 18.9. The van der Waals surface area contributed by atoms with Crippen LogP contribution in [0.4, 0.5) is 0 Å². The highest BCUT2D eigenvalue weighted by molar-refractivity contribution is 6.02. The lowest BCUT2D eigenvalue weighted by atomic mass is 10.1. The molecule has 3 N–H and O–H groups in total. The Bertz CT molecular complexity index is 1220. The molecule has 0 bridgehead atoms. The van der Waals surface area contributed by atoms with Crippen LogP contribution in [0, 0.1) is 0 Å². The van der Waals surface area contributed by atoms with Gasteiger partial charge in [0.1, 0.15) is 11.3 Å². The van der Waals surface area contributed by atoms with E-state index in [2.05, 4.69) is 17.5 Å². The van der Waals surface area contributed by atoms with Crippen LogP contribution in [0.15, 0.2) is 52.4 Å². The largest absolute Gasteiger partial charge is 0.506 e. The highest BCUT2D eigenvalue weighted by Gasteiger charge is 2.21. The second-order valence-electron chi connectivity index (χ2n) is 7.62. The molecule has 1 aromatic heterocycles. The minimum Gasteiger partial charge on any atom is -0.506 e. The molecule has 0 aliphatic carbocycles. The van der Waals surface area contributed by atoms with Crippen molar-refractivity contribution in [3.8, 4) is 17.2 Å². The van der Waals surface area contributed by atoms with Crippen LogP contribution in [0.5, 0.6) is 17.2 Å². The number of para-hydroxylation sites is 1. The molecular formula is C25H29N3O5. The zero-order valence-corrected chi connectivity index (χ0v) is 18.9. The zero-order chi connectivity index (χ0) is 23.8. The molecule has 33 heavy (non-hydrogen) atoms. The van der Waals surface area contributed by atoms with Gasteiger partial charge in [-0.2, -0.15) is 5.10 Å². The van der Waals surface area contributed by atoms with E-state index in [1.807, 2.05) is 0 Å². The van der Waals surface area contributed by atoms with Gasteiger partial charge in [0.2, 0.25) is 0 Å². The van der Waals surface area contributed by atoms with E-state index < -0.39 is 11.5 Å². The van der Waals surface area contributed by atoms with Crippen LogP contribution in [-0.4, -0.2) is 33.5 Å². The van der Waals surface area contributed by atoms with Gasteiger partial charge in [-0.05, 0) is 49.2 Å². The van der Waals surface area contributed by atoms with E-state index in [4.69, 9.17) is 4.74 Å². The van der Waals surface area contributed by atoms with Crippen LogP contribution in [0.3, 0.4) is 0 Å². The van der Waals surface area contributed by atoms with Gasteiger partial charge in [-0.1, -0.05) is 38.3 Å². The minimum absolute atomic E-state index is 0.00129. The molecular weight excluding hydrogens is 422 g/mol. The number of carbonyl (C=O) groups is 1. The number of fused-ring (bicyclic) bond motifs is 1. The second kappa shape index (κ2) is 11.2.